The van der Waals surface area contributed by atoms with Gasteiger partial charge in [-0.05, 0) is 36.8 Å². The average molecular weight is 435 g/mol. The van der Waals surface area contributed by atoms with Crippen LogP contribution in [0.3, 0.4) is 0 Å². The van der Waals surface area contributed by atoms with Crippen molar-refractivity contribution in [3.8, 4) is 0 Å². The molecular formula is C26H21N5O2. The number of rotatable bonds is 6. The third-order valence-corrected chi connectivity index (χ3v) is 5.27. The maximum Gasteiger partial charge on any atom is 0.282 e. The first-order valence-corrected chi connectivity index (χ1v) is 10.5. The highest BCUT2D eigenvalue weighted by Gasteiger charge is 2.11. The topological polar surface area (TPSA) is 84.6 Å². The molecule has 0 fully saturated rings. The molecular weight excluding hydrogens is 414 g/mol. The van der Waals surface area contributed by atoms with Gasteiger partial charge in [0.2, 0.25) is 0 Å². The molecule has 5 rings (SSSR count). The Morgan fingerprint density at radius 2 is 1.79 bits per heavy atom. The van der Waals surface area contributed by atoms with Crippen LogP contribution in [0.1, 0.15) is 24.0 Å². The van der Waals surface area contributed by atoms with E-state index in [2.05, 4.69) is 20.2 Å². The minimum atomic E-state index is -0.268. The quantitative estimate of drug-likeness (QED) is 0.310. The summed E-state index contributed by atoms with van der Waals surface area (Å²) in [6.45, 7) is 1.86. The van der Waals surface area contributed by atoms with E-state index in [-0.39, 0.29) is 12.2 Å². The van der Waals surface area contributed by atoms with Gasteiger partial charge in [-0.25, -0.2) is 4.98 Å². The summed E-state index contributed by atoms with van der Waals surface area (Å²) in [4.78, 5) is 26.6. The number of aromatic nitrogens is 3. The zero-order chi connectivity index (χ0) is 22.6. The summed E-state index contributed by atoms with van der Waals surface area (Å²) in [5.74, 6) is 0.357. The van der Waals surface area contributed by atoms with Crippen molar-refractivity contribution in [1.82, 2.24) is 14.6 Å². The molecule has 0 spiro atoms. The van der Waals surface area contributed by atoms with Crippen LogP contribution in [0.25, 0.3) is 21.8 Å². The fourth-order valence-corrected chi connectivity index (χ4v) is 3.59. The highest BCUT2D eigenvalue weighted by atomic mass is 16.6. The summed E-state index contributed by atoms with van der Waals surface area (Å²) in [5.41, 5.74) is 3.78. The second kappa shape index (κ2) is 8.92. The fraction of sp³-hybridized carbons (Fsp3) is 0.0769. The Labute approximate surface area is 189 Å². The summed E-state index contributed by atoms with van der Waals surface area (Å²) in [5, 5.41) is 10.2. The number of fused-ring (bicyclic) bond motifs is 2. The Balaban J connectivity index is 1.49. The smallest absolute Gasteiger partial charge is 0.282 e. The van der Waals surface area contributed by atoms with E-state index < -0.39 is 0 Å². The molecule has 7 nitrogen and oxygen atoms in total. The van der Waals surface area contributed by atoms with Crippen LogP contribution >= 0.6 is 0 Å². The highest BCUT2D eigenvalue weighted by molar-refractivity contribution is 5.98. The van der Waals surface area contributed by atoms with Crippen LogP contribution in [-0.2, 0) is 11.4 Å². The van der Waals surface area contributed by atoms with Crippen LogP contribution in [0.15, 0.2) is 100.0 Å². The lowest BCUT2D eigenvalue weighted by molar-refractivity contribution is 0.122. The van der Waals surface area contributed by atoms with Crippen LogP contribution in [0.4, 0.5) is 0 Å². The van der Waals surface area contributed by atoms with Crippen molar-refractivity contribution in [2.45, 2.75) is 13.5 Å². The molecule has 0 saturated carbocycles. The molecule has 0 amide bonds. The third kappa shape index (κ3) is 4.29. The molecule has 3 aromatic carbocycles. The Bertz CT molecular complexity index is 1510. The first kappa shape index (κ1) is 20.4. The molecule has 2 aromatic heterocycles. The van der Waals surface area contributed by atoms with E-state index in [1.165, 1.54) is 4.68 Å². The van der Waals surface area contributed by atoms with Gasteiger partial charge < -0.3 is 9.82 Å². The predicted molar refractivity (Wildman–Crippen MR) is 131 cm³/mol. The number of benzene rings is 3. The van der Waals surface area contributed by atoms with Gasteiger partial charge in [-0.1, -0.05) is 65.8 Å². The fourth-order valence-electron chi connectivity index (χ4n) is 3.59. The van der Waals surface area contributed by atoms with Gasteiger partial charge in [-0.15, -0.1) is 0 Å². The molecule has 162 valence electrons. The van der Waals surface area contributed by atoms with Crippen molar-refractivity contribution in [3.05, 3.63) is 112 Å². The van der Waals surface area contributed by atoms with Gasteiger partial charge in [0.1, 0.15) is 0 Å². The molecule has 0 unspecified atom stereocenters. The molecule has 0 bridgehead atoms. The second-order valence-corrected chi connectivity index (χ2v) is 7.53. The maximum absolute atomic E-state index is 13.2. The van der Waals surface area contributed by atoms with E-state index in [1.807, 2.05) is 73.7 Å². The largest absolute Gasteiger partial charge is 0.387 e. The Morgan fingerprint density at radius 3 is 2.64 bits per heavy atom. The number of hydrogen-bond acceptors (Lipinski definition) is 5. The summed E-state index contributed by atoms with van der Waals surface area (Å²) in [6.07, 6.45) is 1.61. The lowest BCUT2D eigenvalue weighted by Crippen LogP contribution is -2.22. The Morgan fingerprint density at radius 1 is 1.03 bits per heavy atom. The van der Waals surface area contributed by atoms with E-state index >= 15 is 0 Å². The second-order valence-electron chi connectivity index (χ2n) is 7.53. The number of hydrogen-bond donors (Lipinski definition) is 1. The number of para-hydroxylation sites is 2. The summed E-state index contributed by atoms with van der Waals surface area (Å²) < 4.78 is 1.27. The van der Waals surface area contributed by atoms with Crippen molar-refractivity contribution in [2.24, 2.45) is 10.3 Å². The van der Waals surface area contributed by atoms with E-state index in [4.69, 9.17) is 4.84 Å². The molecule has 0 radical (unpaired) electrons. The molecule has 2 heterocycles. The van der Waals surface area contributed by atoms with Crippen molar-refractivity contribution >= 4 is 33.7 Å². The summed E-state index contributed by atoms with van der Waals surface area (Å²) in [7, 11) is 0. The number of H-pyrrole nitrogens is 1. The Hall–Kier alpha value is -4.52. The van der Waals surface area contributed by atoms with Crippen LogP contribution in [0.5, 0.6) is 0 Å². The monoisotopic (exact) mass is 435 g/mol. The number of oxime groups is 1. The van der Waals surface area contributed by atoms with Gasteiger partial charge in [0.15, 0.2) is 12.4 Å². The molecule has 0 atom stereocenters. The minimum absolute atomic E-state index is 0.00567. The first-order valence-electron chi connectivity index (χ1n) is 10.5. The third-order valence-electron chi connectivity index (χ3n) is 5.27. The number of aromatic amines is 1. The van der Waals surface area contributed by atoms with Crippen LogP contribution in [0, 0.1) is 0 Å². The summed E-state index contributed by atoms with van der Waals surface area (Å²) in [6, 6.07) is 26.8. The van der Waals surface area contributed by atoms with Gasteiger partial charge in [-0.2, -0.15) is 9.78 Å². The lowest BCUT2D eigenvalue weighted by atomic mass is 10.1. The summed E-state index contributed by atoms with van der Waals surface area (Å²) >= 11 is 0. The van der Waals surface area contributed by atoms with Crippen molar-refractivity contribution < 1.29 is 4.84 Å². The molecule has 1 N–H and O–H groups in total. The average Bonchev–Trinajstić information content (AvgIpc) is 3.27. The standard InChI is InChI=1S/C26H21N5O2/c1-18(19-9-3-2-4-10-19)30-33-17-25-29-24-14-8-6-12-22(24)26(32)31(25)27-16-21-15-20-11-5-7-13-23(20)28-21/h2-16,28H,17H2,1H3. The van der Waals surface area contributed by atoms with E-state index in [0.29, 0.717) is 16.7 Å². The Kier molecular flexibility index (Phi) is 5.51. The van der Waals surface area contributed by atoms with Gasteiger partial charge in [0.05, 0.1) is 28.5 Å². The lowest BCUT2D eigenvalue weighted by Gasteiger charge is -2.08. The van der Waals surface area contributed by atoms with Crippen molar-refractivity contribution in [2.75, 3.05) is 0 Å². The molecule has 7 heteroatoms. The van der Waals surface area contributed by atoms with E-state index in [9.17, 15) is 4.79 Å². The van der Waals surface area contributed by atoms with Crippen LogP contribution < -0.4 is 5.56 Å². The number of nitrogens with zero attached hydrogens (tertiary/aromatic N) is 4. The minimum Gasteiger partial charge on any atom is -0.387 e. The highest BCUT2D eigenvalue weighted by Crippen LogP contribution is 2.14. The van der Waals surface area contributed by atoms with E-state index in [0.717, 1.165) is 27.9 Å². The normalized spacial score (nSPS) is 12.1. The number of nitrogens with one attached hydrogen (secondary N) is 1. The van der Waals surface area contributed by atoms with Gasteiger partial charge in [-0.3, -0.25) is 4.79 Å². The zero-order valence-corrected chi connectivity index (χ0v) is 18.0. The van der Waals surface area contributed by atoms with Gasteiger partial charge in [0, 0.05) is 10.9 Å². The maximum atomic E-state index is 13.2. The van der Waals surface area contributed by atoms with Gasteiger partial charge in [0.25, 0.3) is 5.56 Å². The molecule has 0 saturated heterocycles. The zero-order valence-electron chi connectivity index (χ0n) is 18.0. The molecule has 0 aliphatic heterocycles. The molecule has 5 aromatic rings. The SMILES string of the molecule is CC(=NOCc1nc2ccccc2c(=O)n1N=Cc1cc2ccccc2[nH]1)c1ccccc1. The van der Waals surface area contributed by atoms with Gasteiger partial charge >= 0.3 is 0 Å². The molecule has 33 heavy (non-hydrogen) atoms. The van der Waals surface area contributed by atoms with Crippen LogP contribution in [-0.4, -0.2) is 26.6 Å². The van der Waals surface area contributed by atoms with E-state index in [1.54, 1.807) is 24.4 Å². The van der Waals surface area contributed by atoms with Crippen LogP contribution in [0.2, 0.25) is 0 Å². The van der Waals surface area contributed by atoms with Crippen molar-refractivity contribution in [3.63, 3.8) is 0 Å². The molecule has 0 aliphatic rings. The molecule has 0 aliphatic carbocycles. The van der Waals surface area contributed by atoms with Crippen molar-refractivity contribution in [1.29, 1.82) is 0 Å². The first-order chi connectivity index (χ1) is 16.2. The predicted octanol–water partition coefficient (Wildman–Crippen LogP) is 4.70.